The van der Waals surface area contributed by atoms with Crippen molar-refractivity contribution in [2.75, 3.05) is 13.1 Å². The summed E-state index contributed by atoms with van der Waals surface area (Å²) in [6.07, 6.45) is 6.96. The van der Waals surface area contributed by atoms with Crippen molar-refractivity contribution in [1.82, 2.24) is 19.2 Å². The lowest BCUT2D eigenvalue weighted by atomic mass is 10.0. The molecule has 184 valence electrons. The fourth-order valence-corrected chi connectivity index (χ4v) is 6.08. The monoisotopic (exact) mass is 476 g/mol. The van der Waals surface area contributed by atoms with Crippen molar-refractivity contribution in [2.24, 2.45) is 5.92 Å². The van der Waals surface area contributed by atoms with Gasteiger partial charge in [0.15, 0.2) is 0 Å². The van der Waals surface area contributed by atoms with Crippen LogP contribution in [0.2, 0.25) is 0 Å². The number of nitrogens with zero attached hydrogens (tertiary/aromatic N) is 3. The molecule has 1 saturated heterocycles. The van der Waals surface area contributed by atoms with Crippen LogP contribution in [-0.4, -0.2) is 47.3 Å². The molecule has 7 nitrogen and oxygen atoms in total. The van der Waals surface area contributed by atoms with Gasteiger partial charge in [-0.05, 0) is 56.7 Å². The second-order valence-electron chi connectivity index (χ2n) is 9.73. The maximum atomic E-state index is 13.0. The number of imidazole rings is 1. The number of hydrogen-bond donors (Lipinski definition) is 1. The van der Waals surface area contributed by atoms with Crippen LogP contribution < -0.4 is 5.32 Å². The first-order chi connectivity index (χ1) is 15.7. The molecule has 1 amide bonds. The Labute approximate surface area is 199 Å². The van der Waals surface area contributed by atoms with Gasteiger partial charge in [0.1, 0.15) is 5.82 Å². The summed E-state index contributed by atoms with van der Waals surface area (Å²) in [5, 5.41) is 3.11. The van der Waals surface area contributed by atoms with E-state index >= 15 is 0 Å². The topological polar surface area (TPSA) is 84.3 Å². The summed E-state index contributed by atoms with van der Waals surface area (Å²) in [4.78, 5) is 17.6. The first kappa shape index (κ1) is 25.7. The molecule has 1 N–H and O–H groups in total. The number of aryl methyl sites for hydroxylation is 2. The number of benzene rings is 1. The van der Waals surface area contributed by atoms with Gasteiger partial charge in [-0.1, -0.05) is 33.6 Å². The Hall–Kier alpha value is -1.93. The zero-order valence-electron chi connectivity index (χ0n) is 20.6. The van der Waals surface area contributed by atoms with Crippen molar-refractivity contribution in [2.45, 2.75) is 96.5 Å². The average Bonchev–Trinajstić information content (AvgIpc) is 3.41. The minimum Gasteiger partial charge on any atom is -0.354 e. The van der Waals surface area contributed by atoms with Crippen LogP contribution in [0, 0.1) is 5.92 Å². The van der Waals surface area contributed by atoms with Crippen LogP contribution in [-0.2, 0) is 27.8 Å². The molecule has 0 saturated carbocycles. The Balaban J connectivity index is 1.70. The minimum atomic E-state index is -3.48. The summed E-state index contributed by atoms with van der Waals surface area (Å²) in [5.74, 6) is 1.56. The van der Waals surface area contributed by atoms with E-state index in [0.717, 1.165) is 50.0 Å². The van der Waals surface area contributed by atoms with Crippen LogP contribution in [0.5, 0.6) is 0 Å². The van der Waals surface area contributed by atoms with Gasteiger partial charge >= 0.3 is 0 Å². The van der Waals surface area contributed by atoms with Crippen molar-refractivity contribution in [1.29, 1.82) is 0 Å². The van der Waals surface area contributed by atoms with Gasteiger partial charge in [-0.25, -0.2) is 13.4 Å². The standard InChI is InChI=1S/C25H40N4O3S/c1-5-15-29-23-12-11-21(33(31,32)28-16-6-7-17-28)18-22(23)27-24(29)13-14-25(30)26-20(4)10-8-9-19(2)3/h11-12,18-20H,5-10,13-17H2,1-4H3,(H,26,30). The third-order valence-electron chi connectivity index (χ3n) is 6.35. The molecule has 0 spiro atoms. The van der Waals surface area contributed by atoms with Crippen LogP contribution >= 0.6 is 0 Å². The Morgan fingerprint density at radius 1 is 1.15 bits per heavy atom. The van der Waals surface area contributed by atoms with E-state index < -0.39 is 10.0 Å². The highest BCUT2D eigenvalue weighted by Crippen LogP contribution is 2.26. The van der Waals surface area contributed by atoms with E-state index in [0.29, 0.717) is 42.3 Å². The SMILES string of the molecule is CCCn1c(CCC(=O)NC(C)CCCC(C)C)nc2cc(S(=O)(=O)N3CCCC3)ccc21. The molecule has 1 aliphatic heterocycles. The summed E-state index contributed by atoms with van der Waals surface area (Å²) < 4.78 is 29.6. The molecule has 8 heteroatoms. The first-order valence-electron chi connectivity index (χ1n) is 12.5. The second kappa shape index (κ2) is 11.5. The number of sulfonamides is 1. The number of amides is 1. The summed E-state index contributed by atoms with van der Waals surface area (Å²) in [5.41, 5.74) is 1.61. The van der Waals surface area contributed by atoms with Crippen LogP contribution in [0.3, 0.4) is 0 Å². The second-order valence-corrected chi connectivity index (χ2v) is 11.7. The summed E-state index contributed by atoms with van der Waals surface area (Å²) >= 11 is 0. The van der Waals surface area contributed by atoms with Gasteiger partial charge in [0.25, 0.3) is 0 Å². The van der Waals surface area contributed by atoms with Crippen molar-refractivity contribution in [3.05, 3.63) is 24.0 Å². The molecule has 1 unspecified atom stereocenters. The van der Waals surface area contributed by atoms with E-state index in [1.807, 2.05) is 6.07 Å². The van der Waals surface area contributed by atoms with Gasteiger partial charge in [-0.15, -0.1) is 0 Å². The largest absolute Gasteiger partial charge is 0.354 e. The van der Waals surface area contributed by atoms with Gasteiger partial charge in [-0.2, -0.15) is 4.31 Å². The Bertz CT molecular complexity index is 1040. The molecule has 1 aromatic heterocycles. The lowest BCUT2D eigenvalue weighted by molar-refractivity contribution is -0.121. The number of nitrogens with one attached hydrogen (secondary N) is 1. The van der Waals surface area contributed by atoms with Crippen molar-refractivity contribution < 1.29 is 13.2 Å². The first-order valence-corrected chi connectivity index (χ1v) is 13.9. The fourth-order valence-electron chi connectivity index (χ4n) is 4.54. The van der Waals surface area contributed by atoms with E-state index in [2.05, 4.69) is 37.6 Å². The average molecular weight is 477 g/mol. The van der Waals surface area contributed by atoms with Crippen molar-refractivity contribution in [3.8, 4) is 0 Å². The molecule has 1 fully saturated rings. The van der Waals surface area contributed by atoms with Crippen molar-refractivity contribution in [3.63, 3.8) is 0 Å². The molecule has 1 aromatic carbocycles. The maximum Gasteiger partial charge on any atom is 0.243 e. The lowest BCUT2D eigenvalue weighted by Crippen LogP contribution is -2.32. The van der Waals surface area contributed by atoms with Crippen LogP contribution in [0.25, 0.3) is 11.0 Å². The van der Waals surface area contributed by atoms with Crippen LogP contribution in [0.15, 0.2) is 23.1 Å². The van der Waals surface area contributed by atoms with Gasteiger partial charge in [0, 0.05) is 38.5 Å². The smallest absolute Gasteiger partial charge is 0.243 e. The van der Waals surface area contributed by atoms with Crippen LogP contribution in [0.1, 0.15) is 78.5 Å². The molecule has 0 bridgehead atoms. The minimum absolute atomic E-state index is 0.0412. The van der Waals surface area contributed by atoms with Gasteiger partial charge in [0.2, 0.25) is 15.9 Å². The highest BCUT2D eigenvalue weighted by Gasteiger charge is 2.28. The highest BCUT2D eigenvalue weighted by atomic mass is 32.2. The molecular formula is C25H40N4O3S. The predicted octanol–water partition coefficient (Wildman–Crippen LogP) is 4.49. The number of aromatic nitrogens is 2. The summed E-state index contributed by atoms with van der Waals surface area (Å²) in [6.45, 7) is 10.6. The molecule has 33 heavy (non-hydrogen) atoms. The normalized spacial score (nSPS) is 16.0. The molecule has 1 atom stereocenters. The third kappa shape index (κ3) is 6.57. The van der Waals surface area contributed by atoms with Gasteiger partial charge in [0.05, 0.1) is 15.9 Å². The van der Waals surface area contributed by atoms with Crippen molar-refractivity contribution >= 4 is 27.0 Å². The maximum absolute atomic E-state index is 13.0. The van der Waals surface area contributed by atoms with Crippen LogP contribution in [0.4, 0.5) is 0 Å². The summed E-state index contributed by atoms with van der Waals surface area (Å²) in [7, 11) is -3.48. The number of fused-ring (bicyclic) bond motifs is 1. The fraction of sp³-hybridized carbons (Fsp3) is 0.680. The molecule has 0 aliphatic carbocycles. The Kier molecular flexibility index (Phi) is 8.93. The Morgan fingerprint density at radius 2 is 1.88 bits per heavy atom. The molecule has 3 rings (SSSR count). The third-order valence-corrected chi connectivity index (χ3v) is 8.25. The van der Waals surface area contributed by atoms with E-state index in [1.54, 1.807) is 16.4 Å². The number of carbonyl (C=O) groups is 1. The highest BCUT2D eigenvalue weighted by molar-refractivity contribution is 7.89. The number of rotatable bonds is 12. The Morgan fingerprint density at radius 3 is 2.55 bits per heavy atom. The molecule has 0 radical (unpaired) electrons. The zero-order chi connectivity index (χ0) is 24.0. The van der Waals surface area contributed by atoms with Gasteiger partial charge < -0.3 is 9.88 Å². The molecular weight excluding hydrogens is 436 g/mol. The number of hydrogen-bond acceptors (Lipinski definition) is 4. The van der Waals surface area contributed by atoms with E-state index in [4.69, 9.17) is 4.98 Å². The van der Waals surface area contributed by atoms with E-state index in [-0.39, 0.29) is 11.9 Å². The quantitative estimate of drug-likeness (QED) is 0.489. The van der Waals surface area contributed by atoms with E-state index in [1.165, 1.54) is 6.42 Å². The molecule has 1 aliphatic rings. The molecule has 2 heterocycles. The summed E-state index contributed by atoms with van der Waals surface area (Å²) in [6, 6.07) is 5.42. The van der Waals surface area contributed by atoms with Gasteiger partial charge in [-0.3, -0.25) is 4.79 Å². The zero-order valence-corrected chi connectivity index (χ0v) is 21.5. The lowest BCUT2D eigenvalue weighted by Gasteiger charge is -2.15. The number of carbonyl (C=O) groups excluding carboxylic acids is 1. The molecule has 2 aromatic rings. The van der Waals surface area contributed by atoms with E-state index in [9.17, 15) is 13.2 Å². The predicted molar refractivity (Wildman–Crippen MR) is 133 cm³/mol.